The summed E-state index contributed by atoms with van der Waals surface area (Å²) in [5.41, 5.74) is 12.7. The van der Waals surface area contributed by atoms with Gasteiger partial charge in [0.05, 0.1) is 0 Å². The quantitative estimate of drug-likeness (QED) is 0.811. The summed E-state index contributed by atoms with van der Waals surface area (Å²) in [7, 11) is 0. The molecular weight excluding hydrogens is 342 g/mol. The van der Waals surface area contributed by atoms with Crippen LogP contribution in [0.5, 0.6) is 0 Å². The molecule has 1 aromatic rings. The van der Waals surface area contributed by atoms with Gasteiger partial charge in [-0.15, -0.1) is 0 Å². The lowest BCUT2D eigenvalue weighted by Gasteiger charge is -2.28. The van der Waals surface area contributed by atoms with Crippen LogP contribution >= 0.6 is 22.6 Å². The summed E-state index contributed by atoms with van der Waals surface area (Å²) in [5.74, 6) is 0.417. The molecule has 0 spiro atoms. The summed E-state index contributed by atoms with van der Waals surface area (Å²) in [5, 5.41) is 0. The van der Waals surface area contributed by atoms with Crippen molar-refractivity contribution in [2.45, 2.75) is 44.2 Å². The summed E-state index contributed by atoms with van der Waals surface area (Å²) < 4.78 is 14.7. The van der Waals surface area contributed by atoms with Gasteiger partial charge < -0.3 is 11.5 Å². The lowest BCUT2D eigenvalue weighted by molar-refractivity contribution is 0.293. The number of halogens is 2. The van der Waals surface area contributed by atoms with Crippen LogP contribution in [0.15, 0.2) is 18.2 Å². The van der Waals surface area contributed by atoms with E-state index in [0.717, 1.165) is 35.7 Å². The van der Waals surface area contributed by atoms with Crippen LogP contribution in [0, 0.1) is 15.3 Å². The molecule has 1 atom stereocenters. The summed E-state index contributed by atoms with van der Waals surface area (Å²) in [6.07, 6.45) is 5.27. The first kappa shape index (κ1) is 14.2. The maximum atomic E-state index is 13.8. The van der Waals surface area contributed by atoms with Gasteiger partial charge in [-0.2, -0.15) is 0 Å². The van der Waals surface area contributed by atoms with Gasteiger partial charge >= 0.3 is 0 Å². The molecule has 0 heterocycles. The first-order chi connectivity index (χ1) is 8.56. The van der Waals surface area contributed by atoms with Gasteiger partial charge in [0.25, 0.3) is 0 Å². The maximum Gasteiger partial charge on any atom is 0.129 e. The summed E-state index contributed by atoms with van der Waals surface area (Å²) in [6, 6.07) is 5.44. The molecule has 0 radical (unpaired) electrons. The van der Waals surface area contributed by atoms with Crippen LogP contribution in [-0.4, -0.2) is 6.04 Å². The average molecular weight is 362 g/mol. The Morgan fingerprint density at radius 1 is 1.28 bits per heavy atom. The standard InChI is InChI=1S/C14H20FIN2/c15-13-8-10(16)3-6-12(13)14(18)7-9-1-4-11(17)5-2-9/h3,6,8-9,11,14H,1-2,4-5,7,17-18H2. The fourth-order valence-corrected chi connectivity index (χ4v) is 3.17. The average Bonchev–Trinajstić information content (AvgIpc) is 2.32. The normalized spacial score (nSPS) is 26.0. The second-order valence-electron chi connectivity index (χ2n) is 5.29. The van der Waals surface area contributed by atoms with Crippen molar-refractivity contribution in [2.24, 2.45) is 17.4 Å². The van der Waals surface area contributed by atoms with Gasteiger partial charge in [0, 0.05) is 21.2 Å². The van der Waals surface area contributed by atoms with Crippen LogP contribution in [-0.2, 0) is 0 Å². The molecule has 4 N–H and O–H groups in total. The summed E-state index contributed by atoms with van der Waals surface area (Å²) in [4.78, 5) is 0. The molecule has 1 fully saturated rings. The fourth-order valence-electron chi connectivity index (χ4n) is 2.71. The van der Waals surface area contributed by atoms with Gasteiger partial charge in [-0.25, -0.2) is 4.39 Å². The van der Waals surface area contributed by atoms with Gasteiger partial charge in [0.1, 0.15) is 5.82 Å². The molecule has 1 aliphatic carbocycles. The molecule has 18 heavy (non-hydrogen) atoms. The van der Waals surface area contributed by atoms with Crippen molar-refractivity contribution >= 4 is 22.6 Å². The minimum Gasteiger partial charge on any atom is -0.328 e. The van der Waals surface area contributed by atoms with Crippen molar-refractivity contribution in [1.82, 2.24) is 0 Å². The van der Waals surface area contributed by atoms with Crippen molar-refractivity contribution in [2.75, 3.05) is 0 Å². The molecule has 1 aliphatic rings. The van der Waals surface area contributed by atoms with E-state index in [-0.39, 0.29) is 11.9 Å². The monoisotopic (exact) mass is 362 g/mol. The van der Waals surface area contributed by atoms with E-state index in [1.807, 2.05) is 12.1 Å². The third-order valence-electron chi connectivity index (χ3n) is 3.84. The van der Waals surface area contributed by atoms with Crippen LogP contribution in [0.4, 0.5) is 4.39 Å². The van der Waals surface area contributed by atoms with E-state index < -0.39 is 0 Å². The van der Waals surface area contributed by atoms with Crippen molar-refractivity contribution < 1.29 is 4.39 Å². The third-order valence-corrected chi connectivity index (χ3v) is 4.51. The first-order valence-corrected chi connectivity index (χ1v) is 7.60. The highest BCUT2D eigenvalue weighted by molar-refractivity contribution is 14.1. The Kier molecular flexibility index (Phi) is 4.98. The molecule has 0 amide bonds. The highest BCUT2D eigenvalue weighted by Crippen LogP contribution is 2.31. The van der Waals surface area contributed by atoms with Crippen LogP contribution in [0.1, 0.15) is 43.7 Å². The van der Waals surface area contributed by atoms with E-state index in [4.69, 9.17) is 11.5 Å². The Balaban J connectivity index is 1.97. The second-order valence-corrected chi connectivity index (χ2v) is 6.53. The van der Waals surface area contributed by atoms with Crippen LogP contribution in [0.25, 0.3) is 0 Å². The molecule has 0 aromatic heterocycles. The number of rotatable bonds is 3. The Morgan fingerprint density at radius 3 is 2.56 bits per heavy atom. The predicted molar refractivity (Wildman–Crippen MR) is 80.6 cm³/mol. The van der Waals surface area contributed by atoms with Gasteiger partial charge in [-0.1, -0.05) is 6.07 Å². The van der Waals surface area contributed by atoms with Gasteiger partial charge in [0.2, 0.25) is 0 Å². The van der Waals surface area contributed by atoms with E-state index >= 15 is 0 Å². The third kappa shape index (κ3) is 3.65. The molecule has 0 aliphatic heterocycles. The minimum atomic E-state index is -0.193. The molecule has 4 heteroatoms. The van der Waals surface area contributed by atoms with Crippen LogP contribution < -0.4 is 11.5 Å². The lowest BCUT2D eigenvalue weighted by atomic mass is 9.81. The van der Waals surface area contributed by atoms with Crippen molar-refractivity contribution in [3.8, 4) is 0 Å². The number of benzene rings is 1. The zero-order valence-electron chi connectivity index (χ0n) is 10.4. The fraction of sp³-hybridized carbons (Fsp3) is 0.571. The van der Waals surface area contributed by atoms with Crippen molar-refractivity contribution in [1.29, 1.82) is 0 Å². The van der Waals surface area contributed by atoms with E-state index in [0.29, 0.717) is 17.5 Å². The summed E-state index contributed by atoms with van der Waals surface area (Å²) in [6.45, 7) is 0. The minimum absolute atomic E-state index is 0.179. The van der Waals surface area contributed by atoms with Gasteiger partial charge in [-0.3, -0.25) is 0 Å². The van der Waals surface area contributed by atoms with Gasteiger partial charge in [-0.05, 0) is 72.7 Å². The molecule has 1 saturated carbocycles. The first-order valence-electron chi connectivity index (χ1n) is 6.52. The summed E-state index contributed by atoms with van der Waals surface area (Å²) >= 11 is 2.11. The Morgan fingerprint density at radius 2 is 1.94 bits per heavy atom. The van der Waals surface area contributed by atoms with E-state index in [9.17, 15) is 4.39 Å². The van der Waals surface area contributed by atoms with E-state index in [1.165, 1.54) is 0 Å². The largest absolute Gasteiger partial charge is 0.328 e. The number of hydrogen-bond donors (Lipinski definition) is 2. The molecule has 2 nitrogen and oxygen atoms in total. The zero-order chi connectivity index (χ0) is 13.1. The molecule has 100 valence electrons. The van der Waals surface area contributed by atoms with E-state index in [1.54, 1.807) is 6.07 Å². The number of hydrogen-bond acceptors (Lipinski definition) is 2. The molecule has 0 bridgehead atoms. The Bertz CT molecular complexity index is 403. The van der Waals surface area contributed by atoms with Crippen LogP contribution in [0.2, 0.25) is 0 Å². The topological polar surface area (TPSA) is 52.0 Å². The molecular formula is C14H20FIN2. The maximum absolute atomic E-state index is 13.8. The SMILES string of the molecule is NC1CCC(CC(N)c2ccc(I)cc2F)CC1. The zero-order valence-corrected chi connectivity index (χ0v) is 12.6. The molecule has 0 saturated heterocycles. The molecule has 1 unspecified atom stereocenters. The van der Waals surface area contributed by atoms with Crippen LogP contribution in [0.3, 0.4) is 0 Å². The Labute approximate surface area is 121 Å². The molecule has 2 rings (SSSR count). The smallest absolute Gasteiger partial charge is 0.129 e. The number of nitrogens with two attached hydrogens (primary N) is 2. The highest BCUT2D eigenvalue weighted by atomic mass is 127. The van der Waals surface area contributed by atoms with Gasteiger partial charge in [0.15, 0.2) is 0 Å². The van der Waals surface area contributed by atoms with Crippen molar-refractivity contribution in [3.63, 3.8) is 0 Å². The second kappa shape index (κ2) is 6.30. The lowest BCUT2D eigenvalue weighted by Crippen LogP contribution is -2.28. The highest BCUT2D eigenvalue weighted by Gasteiger charge is 2.22. The van der Waals surface area contributed by atoms with Crippen molar-refractivity contribution in [3.05, 3.63) is 33.1 Å². The Hall–Kier alpha value is -0.200. The predicted octanol–water partition coefficient (Wildman–Crippen LogP) is 3.34. The van der Waals surface area contributed by atoms with E-state index in [2.05, 4.69) is 22.6 Å². The molecule has 1 aromatic carbocycles.